The number of aliphatic hydroxyl groups is 1. The van der Waals surface area contributed by atoms with Gasteiger partial charge in [-0.2, -0.15) is 0 Å². The van der Waals surface area contributed by atoms with Crippen LogP contribution in [0.1, 0.15) is 52.9 Å². The SMILES string of the molecule is CC(C)CNCC1(CN2CCC(CO)C2)CCCC(C)C1. The van der Waals surface area contributed by atoms with E-state index in [0.29, 0.717) is 17.9 Å². The van der Waals surface area contributed by atoms with Crippen LogP contribution in [-0.2, 0) is 0 Å². The number of aliphatic hydroxyl groups excluding tert-OH is 1. The molecule has 1 heterocycles. The lowest BCUT2D eigenvalue weighted by atomic mass is 9.69. The van der Waals surface area contributed by atoms with Crippen molar-refractivity contribution in [3.63, 3.8) is 0 Å². The summed E-state index contributed by atoms with van der Waals surface area (Å²) < 4.78 is 0. The highest BCUT2D eigenvalue weighted by Crippen LogP contribution is 2.40. The fourth-order valence-corrected chi connectivity index (χ4v) is 4.43. The monoisotopic (exact) mass is 296 g/mol. The van der Waals surface area contributed by atoms with Gasteiger partial charge >= 0.3 is 0 Å². The smallest absolute Gasteiger partial charge is 0.0471 e. The minimum absolute atomic E-state index is 0.367. The van der Waals surface area contributed by atoms with Gasteiger partial charge in [0.2, 0.25) is 0 Å². The number of nitrogens with one attached hydrogen (secondary N) is 1. The lowest BCUT2D eigenvalue weighted by Crippen LogP contribution is -2.46. The van der Waals surface area contributed by atoms with E-state index in [1.54, 1.807) is 0 Å². The molecular formula is C18H36N2O. The second-order valence-electron chi connectivity index (χ2n) is 8.30. The zero-order valence-corrected chi connectivity index (χ0v) is 14.4. The van der Waals surface area contributed by atoms with Crippen molar-refractivity contribution in [2.24, 2.45) is 23.2 Å². The molecular weight excluding hydrogens is 260 g/mol. The average Bonchev–Trinajstić information content (AvgIpc) is 2.85. The van der Waals surface area contributed by atoms with Crippen molar-refractivity contribution in [2.75, 3.05) is 39.3 Å². The van der Waals surface area contributed by atoms with Crippen molar-refractivity contribution in [1.29, 1.82) is 0 Å². The Balaban J connectivity index is 1.91. The van der Waals surface area contributed by atoms with E-state index in [0.717, 1.165) is 24.9 Å². The van der Waals surface area contributed by atoms with E-state index in [-0.39, 0.29) is 0 Å². The summed E-state index contributed by atoms with van der Waals surface area (Å²) in [7, 11) is 0. The highest BCUT2D eigenvalue weighted by atomic mass is 16.3. The minimum atomic E-state index is 0.367. The van der Waals surface area contributed by atoms with E-state index in [4.69, 9.17) is 0 Å². The van der Waals surface area contributed by atoms with Crippen LogP contribution in [0.15, 0.2) is 0 Å². The number of hydrogen-bond donors (Lipinski definition) is 2. The maximum Gasteiger partial charge on any atom is 0.0471 e. The van der Waals surface area contributed by atoms with Crippen LogP contribution in [0.4, 0.5) is 0 Å². The lowest BCUT2D eigenvalue weighted by molar-refractivity contribution is 0.0867. The van der Waals surface area contributed by atoms with E-state index >= 15 is 0 Å². The van der Waals surface area contributed by atoms with Gasteiger partial charge in [-0.15, -0.1) is 0 Å². The maximum atomic E-state index is 9.36. The Morgan fingerprint density at radius 2 is 2.14 bits per heavy atom. The molecule has 3 unspecified atom stereocenters. The molecule has 2 fully saturated rings. The summed E-state index contributed by atoms with van der Waals surface area (Å²) in [4.78, 5) is 2.62. The molecule has 0 aromatic rings. The van der Waals surface area contributed by atoms with Gasteiger partial charge in [-0.1, -0.05) is 33.6 Å². The third kappa shape index (κ3) is 5.22. The highest BCUT2D eigenvalue weighted by Gasteiger charge is 2.37. The summed E-state index contributed by atoms with van der Waals surface area (Å²) in [6, 6.07) is 0. The predicted octanol–water partition coefficient (Wildman–Crippen LogP) is 2.74. The number of rotatable bonds is 7. The molecule has 1 aliphatic heterocycles. The maximum absolute atomic E-state index is 9.36. The molecule has 0 aromatic heterocycles. The predicted molar refractivity (Wildman–Crippen MR) is 89.4 cm³/mol. The molecule has 2 aliphatic rings. The van der Waals surface area contributed by atoms with Crippen LogP contribution in [-0.4, -0.2) is 49.3 Å². The summed E-state index contributed by atoms with van der Waals surface area (Å²) in [5.41, 5.74) is 0.469. The van der Waals surface area contributed by atoms with E-state index in [9.17, 15) is 5.11 Å². The van der Waals surface area contributed by atoms with Crippen molar-refractivity contribution >= 4 is 0 Å². The second-order valence-corrected chi connectivity index (χ2v) is 8.30. The first kappa shape index (κ1) is 17.2. The second kappa shape index (κ2) is 7.94. The van der Waals surface area contributed by atoms with Crippen LogP contribution in [0.3, 0.4) is 0 Å². The van der Waals surface area contributed by atoms with Gasteiger partial charge in [0.25, 0.3) is 0 Å². The first-order valence-corrected chi connectivity index (χ1v) is 9.07. The number of nitrogens with zero attached hydrogens (tertiary/aromatic N) is 1. The Kier molecular flexibility index (Phi) is 6.51. The molecule has 0 bridgehead atoms. The molecule has 3 atom stereocenters. The third-order valence-corrected chi connectivity index (χ3v) is 5.43. The Hall–Kier alpha value is -0.120. The summed E-state index contributed by atoms with van der Waals surface area (Å²) in [5.74, 6) is 2.12. The quantitative estimate of drug-likeness (QED) is 0.758. The van der Waals surface area contributed by atoms with Gasteiger partial charge in [0.15, 0.2) is 0 Å². The lowest BCUT2D eigenvalue weighted by Gasteiger charge is -2.43. The molecule has 2 rings (SSSR count). The average molecular weight is 296 g/mol. The molecule has 2 N–H and O–H groups in total. The summed E-state index contributed by atoms with van der Waals surface area (Å²) >= 11 is 0. The fraction of sp³-hybridized carbons (Fsp3) is 1.00. The van der Waals surface area contributed by atoms with Crippen molar-refractivity contribution in [3.8, 4) is 0 Å². The van der Waals surface area contributed by atoms with Gasteiger partial charge < -0.3 is 15.3 Å². The van der Waals surface area contributed by atoms with Crippen molar-refractivity contribution in [1.82, 2.24) is 10.2 Å². The van der Waals surface area contributed by atoms with Crippen LogP contribution in [0, 0.1) is 23.2 Å². The summed E-state index contributed by atoms with van der Waals surface area (Å²) in [5, 5.41) is 13.1. The van der Waals surface area contributed by atoms with Gasteiger partial charge in [0, 0.05) is 26.2 Å². The minimum Gasteiger partial charge on any atom is -0.396 e. The largest absolute Gasteiger partial charge is 0.396 e. The highest BCUT2D eigenvalue weighted by molar-refractivity contribution is 4.91. The topological polar surface area (TPSA) is 35.5 Å². The molecule has 1 saturated carbocycles. The van der Waals surface area contributed by atoms with E-state index in [1.165, 1.54) is 51.7 Å². The molecule has 21 heavy (non-hydrogen) atoms. The Morgan fingerprint density at radius 3 is 2.76 bits per heavy atom. The first-order valence-electron chi connectivity index (χ1n) is 9.07. The molecule has 1 aliphatic carbocycles. The normalized spacial score (nSPS) is 34.7. The van der Waals surface area contributed by atoms with E-state index in [2.05, 4.69) is 31.0 Å². The van der Waals surface area contributed by atoms with Crippen LogP contribution >= 0.6 is 0 Å². The standard InChI is InChI=1S/C18H36N2O/c1-15(2)10-19-13-18(7-4-5-16(3)9-18)14-20-8-6-17(11-20)12-21/h15-17,19,21H,4-14H2,1-3H3. The van der Waals surface area contributed by atoms with Crippen LogP contribution in [0.2, 0.25) is 0 Å². The van der Waals surface area contributed by atoms with Gasteiger partial charge in [0.1, 0.15) is 0 Å². The van der Waals surface area contributed by atoms with Crippen LogP contribution in [0.5, 0.6) is 0 Å². The molecule has 1 saturated heterocycles. The zero-order valence-electron chi connectivity index (χ0n) is 14.4. The fourth-order valence-electron chi connectivity index (χ4n) is 4.43. The number of hydrogen-bond acceptors (Lipinski definition) is 3. The molecule has 0 aromatic carbocycles. The molecule has 0 radical (unpaired) electrons. The Morgan fingerprint density at radius 1 is 1.33 bits per heavy atom. The van der Waals surface area contributed by atoms with Crippen molar-refractivity contribution in [2.45, 2.75) is 52.9 Å². The van der Waals surface area contributed by atoms with Gasteiger partial charge in [-0.3, -0.25) is 0 Å². The molecule has 124 valence electrons. The Bertz CT molecular complexity index is 308. The molecule has 3 nitrogen and oxygen atoms in total. The molecule has 0 amide bonds. The van der Waals surface area contributed by atoms with Crippen LogP contribution in [0.25, 0.3) is 0 Å². The van der Waals surface area contributed by atoms with E-state index in [1.807, 2.05) is 0 Å². The third-order valence-electron chi connectivity index (χ3n) is 5.43. The van der Waals surface area contributed by atoms with Gasteiger partial charge in [-0.05, 0) is 55.5 Å². The van der Waals surface area contributed by atoms with Crippen LogP contribution < -0.4 is 5.32 Å². The Labute approximate surface area is 131 Å². The van der Waals surface area contributed by atoms with Gasteiger partial charge in [-0.25, -0.2) is 0 Å². The van der Waals surface area contributed by atoms with Crippen molar-refractivity contribution < 1.29 is 5.11 Å². The molecule has 3 heteroatoms. The summed E-state index contributed by atoms with van der Waals surface area (Å²) in [6.45, 7) is 13.2. The first-order chi connectivity index (χ1) is 10.0. The van der Waals surface area contributed by atoms with Gasteiger partial charge in [0.05, 0.1) is 0 Å². The zero-order chi connectivity index (χ0) is 15.3. The number of likely N-dealkylation sites (tertiary alicyclic amines) is 1. The molecule has 0 spiro atoms. The summed E-state index contributed by atoms with van der Waals surface area (Å²) in [6.07, 6.45) is 6.73. The van der Waals surface area contributed by atoms with Crippen molar-refractivity contribution in [3.05, 3.63) is 0 Å². The van der Waals surface area contributed by atoms with E-state index < -0.39 is 0 Å².